The van der Waals surface area contributed by atoms with Crippen LogP contribution in [-0.4, -0.2) is 18.4 Å². The zero-order valence-corrected chi connectivity index (χ0v) is 13.3. The molecule has 0 spiro atoms. The number of hydrogen-bond donors (Lipinski definition) is 1. The van der Waals surface area contributed by atoms with E-state index in [1.165, 1.54) is 0 Å². The van der Waals surface area contributed by atoms with Crippen molar-refractivity contribution >= 4 is 35.1 Å². The van der Waals surface area contributed by atoms with Crippen LogP contribution in [0.3, 0.4) is 0 Å². The molecule has 23 heavy (non-hydrogen) atoms. The summed E-state index contributed by atoms with van der Waals surface area (Å²) in [5, 5.41) is 2.12. The molecule has 0 aliphatic rings. The third-order valence-corrected chi connectivity index (χ3v) is 3.49. The second-order valence-corrected chi connectivity index (χ2v) is 5.39. The Morgan fingerprint density at radius 1 is 1.09 bits per heavy atom. The lowest BCUT2D eigenvalue weighted by atomic mass is 10.2. The van der Waals surface area contributed by atoms with Gasteiger partial charge < -0.3 is 10.1 Å². The van der Waals surface area contributed by atoms with E-state index in [0.29, 0.717) is 0 Å². The molecule has 2 rings (SSSR count). The third kappa shape index (κ3) is 4.94. The Kier molecular flexibility index (Phi) is 5.96. The van der Waals surface area contributed by atoms with Crippen molar-refractivity contribution in [2.24, 2.45) is 0 Å². The Bertz CT molecular complexity index is 723. The van der Waals surface area contributed by atoms with Crippen LogP contribution in [0.5, 0.6) is 0 Å². The number of rotatable bonds is 5. The molecule has 120 valence electrons. The highest BCUT2D eigenvalue weighted by atomic mass is 35.5. The van der Waals surface area contributed by atoms with Crippen LogP contribution < -0.4 is 5.32 Å². The van der Waals surface area contributed by atoms with Gasteiger partial charge in [-0.15, -0.1) is 0 Å². The van der Waals surface area contributed by atoms with E-state index in [4.69, 9.17) is 27.9 Å². The standard InChI is InChI=1S/C16H12Cl2FNO3/c17-12-7-13(18)14(19)6-11(12)16(22)20-8-15(21)23-9-10-4-2-1-3-5-10/h1-7H,8-9H2,(H,20,22). The van der Waals surface area contributed by atoms with Crippen molar-refractivity contribution < 1.29 is 18.7 Å². The smallest absolute Gasteiger partial charge is 0.325 e. The van der Waals surface area contributed by atoms with Gasteiger partial charge in [-0.2, -0.15) is 0 Å². The molecule has 0 atom stereocenters. The molecule has 0 aliphatic carbocycles. The summed E-state index contributed by atoms with van der Waals surface area (Å²) >= 11 is 11.4. The second kappa shape index (κ2) is 7.94. The largest absolute Gasteiger partial charge is 0.460 e. The molecule has 7 heteroatoms. The van der Waals surface area contributed by atoms with Gasteiger partial charge in [-0.05, 0) is 17.7 Å². The summed E-state index contributed by atoms with van der Waals surface area (Å²) in [4.78, 5) is 23.5. The van der Waals surface area contributed by atoms with Gasteiger partial charge in [0, 0.05) is 0 Å². The molecule has 2 aromatic carbocycles. The Labute approximate surface area is 142 Å². The zero-order valence-electron chi connectivity index (χ0n) is 11.8. The Morgan fingerprint density at radius 3 is 2.48 bits per heavy atom. The number of nitrogens with one attached hydrogen (secondary N) is 1. The van der Waals surface area contributed by atoms with Gasteiger partial charge >= 0.3 is 5.97 Å². The maximum atomic E-state index is 13.4. The monoisotopic (exact) mass is 355 g/mol. The SMILES string of the molecule is O=C(CNC(=O)c1cc(F)c(Cl)cc1Cl)OCc1ccccc1. The van der Waals surface area contributed by atoms with Gasteiger partial charge in [-0.3, -0.25) is 9.59 Å². The highest BCUT2D eigenvalue weighted by Gasteiger charge is 2.15. The van der Waals surface area contributed by atoms with Crippen LogP contribution in [0.4, 0.5) is 4.39 Å². The van der Waals surface area contributed by atoms with Crippen LogP contribution in [0, 0.1) is 5.82 Å². The maximum absolute atomic E-state index is 13.4. The topological polar surface area (TPSA) is 55.4 Å². The van der Waals surface area contributed by atoms with E-state index in [-0.39, 0.29) is 28.8 Å². The lowest BCUT2D eigenvalue weighted by Crippen LogP contribution is -2.30. The normalized spacial score (nSPS) is 10.2. The van der Waals surface area contributed by atoms with Gasteiger partial charge in [-0.25, -0.2) is 4.39 Å². The first-order valence-electron chi connectivity index (χ1n) is 6.59. The van der Waals surface area contributed by atoms with E-state index in [1.807, 2.05) is 30.3 Å². The number of amides is 1. The Morgan fingerprint density at radius 2 is 1.78 bits per heavy atom. The first kappa shape index (κ1) is 17.2. The van der Waals surface area contributed by atoms with Gasteiger partial charge in [0.15, 0.2) is 0 Å². The lowest BCUT2D eigenvalue weighted by Gasteiger charge is -2.08. The van der Waals surface area contributed by atoms with Gasteiger partial charge in [0.05, 0.1) is 15.6 Å². The minimum atomic E-state index is -0.770. The van der Waals surface area contributed by atoms with Crippen molar-refractivity contribution in [3.63, 3.8) is 0 Å². The van der Waals surface area contributed by atoms with Crippen LogP contribution in [0.1, 0.15) is 15.9 Å². The van der Waals surface area contributed by atoms with Crippen LogP contribution in [-0.2, 0) is 16.1 Å². The van der Waals surface area contributed by atoms with E-state index < -0.39 is 17.7 Å². The molecule has 0 heterocycles. The number of hydrogen-bond acceptors (Lipinski definition) is 3. The van der Waals surface area contributed by atoms with Crippen molar-refractivity contribution in [3.05, 3.63) is 69.5 Å². The predicted octanol–water partition coefficient (Wildman–Crippen LogP) is 3.61. The maximum Gasteiger partial charge on any atom is 0.325 e. The fourth-order valence-corrected chi connectivity index (χ4v) is 2.20. The van der Waals surface area contributed by atoms with E-state index in [0.717, 1.165) is 17.7 Å². The first-order valence-corrected chi connectivity index (χ1v) is 7.35. The number of benzene rings is 2. The highest BCUT2D eigenvalue weighted by Crippen LogP contribution is 2.24. The Balaban J connectivity index is 1.87. The van der Waals surface area contributed by atoms with E-state index in [9.17, 15) is 14.0 Å². The van der Waals surface area contributed by atoms with Crippen LogP contribution in [0.25, 0.3) is 0 Å². The molecule has 2 aromatic rings. The summed E-state index contributed by atoms with van der Waals surface area (Å²) in [6.45, 7) is -0.252. The van der Waals surface area contributed by atoms with E-state index in [1.54, 1.807) is 0 Å². The van der Waals surface area contributed by atoms with E-state index in [2.05, 4.69) is 5.32 Å². The average molecular weight is 356 g/mol. The summed E-state index contributed by atoms with van der Waals surface area (Å²) < 4.78 is 18.4. The molecule has 0 aliphatic heterocycles. The molecule has 0 radical (unpaired) electrons. The Hall–Kier alpha value is -2.11. The van der Waals surface area contributed by atoms with Crippen molar-refractivity contribution in [2.75, 3.05) is 6.54 Å². The summed E-state index contributed by atoms with van der Waals surface area (Å²) in [5.41, 5.74) is 0.722. The molecule has 0 saturated carbocycles. The van der Waals surface area contributed by atoms with Crippen molar-refractivity contribution in [1.82, 2.24) is 5.32 Å². The molecule has 1 amide bonds. The minimum Gasteiger partial charge on any atom is -0.460 e. The molecule has 4 nitrogen and oxygen atoms in total. The highest BCUT2D eigenvalue weighted by molar-refractivity contribution is 6.36. The number of carbonyl (C=O) groups is 2. The van der Waals surface area contributed by atoms with Crippen molar-refractivity contribution in [2.45, 2.75) is 6.61 Å². The summed E-state index contributed by atoms with van der Waals surface area (Å²) in [6.07, 6.45) is 0. The molecule has 0 bridgehead atoms. The van der Waals surface area contributed by atoms with Crippen LogP contribution >= 0.6 is 23.2 Å². The second-order valence-electron chi connectivity index (χ2n) is 4.58. The van der Waals surface area contributed by atoms with Gasteiger partial charge in [0.2, 0.25) is 0 Å². The number of halogens is 3. The average Bonchev–Trinajstić information content (AvgIpc) is 2.55. The predicted molar refractivity (Wildman–Crippen MR) is 85.0 cm³/mol. The fraction of sp³-hybridized carbons (Fsp3) is 0.125. The fourth-order valence-electron chi connectivity index (χ4n) is 1.73. The number of ether oxygens (including phenoxy) is 1. The summed E-state index contributed by atoms with van der Waals surface area (Å²) in [7, 11) is 0. The van der Waals surface area contributed by atoms with Gasteiger partial charge in [0.1, 0.15) is 19.0 Å². The summed E-state index contributed by atoms with van der Waals surface area (Å²) in [6, 6.07) is 11.1. The lowest BCUT2D eigenvalue weighted by molar-refractivity contribution is -0.143. The van der Waals surface area contributed by atoms with E-state index >= 15 is 0 Å². The number of carbonyl (C=O) groups excluding carboxylic acids is 2. The molecule has 0 aromatic heterocycles. The molecule has 0 fully saturated rings. The molecule has 0 unspecified atom stereocenters. The summed E-state index contributed by atoms with van der Waals surface area (Å²) in [5.74, 6) is -2.08. The van der Waals surface area contributed by atoms with Crippen molar-refractivity contribution in [1.29, 1.82) is 0 Å². The van der Waals surface area contributed by atoms with Gasteiger partial charge in [-0.1, -0.05) is 53.5 Å². The third-order valence-electron chi connectivity index (χ3n) is 2.89. The zero-order chi connectivity index (χ0) is 16.8. The van der Waals surface area contributed by atoms with Crippen LogP contribution in [0.15, 0.2) is 42.5 Å². The molecule has 1 N–H and O–H groups in total. The molecular formula is C16H12Cl2FNO3. The van der Waals surface area contributed by atoms with Gasteiger partial charge in [0.25, 0.3) is 5.91 Å². The van der Waals surface area contributed by atoms with Crippen LogP contribution in [0.2, 0.25) is 10.0 Å². The molecule has 0 saturated heterocycles. The minimum absolute atomic E-state index is 0.00782. The van der Waals surface area contributed by atoms with Crippen molar-refractivity contribution in [3.8, 4) is 0 Å². The quantitative estimate of drug-likeness (QED) is 0.658. The molecular weight excluding hydrogens is 344 g/mol. The first-order chi connectivity index (χ1) is 11.0. The number of esters is 1.